The molecule has 10 nitrogen and oxygen atoms in total. The van der Waals surface area contributed by atoms with E-state index in [0.29, 0.717) is 53.7 Å². The van der Waals surface area contributed by atoms with Crippen LogP contribution in [0.15, 0.2) is 67.0 Å². The van der Waals surface area contributed by atoms with Crippen LogP contribution in [-0.2, 0) is 25.6 Å². The van der Waals surface area contributed by atoms with E-state index >= 15 is 0 Å². The molecule has 42 heavy (non-hydrogen) atoms. The number of benzene rings is 2. The van der Waals surface area contributed by atoms with E-state index in [0.717, 1.165) is 5.56 Å². The summed E-state index contributed by atoms with van der Waals surface area (Å²) in [6.45, 7) is 0.973. The van der Waals surface area contributed by atoms with Crippen molar-refractivity contribution in [3.8, 4) is 22.8 Å². The van der Waals surface area contributed by atoms with Crippen molar-refractivity contribution in [3.63, 3.8) is 0 Å². The molecule has 3 heterocycles. The summed E-state index contributed by atoms with van der Waals surface area (Å²) in [7, 11) is 1.36. The molecule has 1 aliphatic rings. The van der Waals surface area contributed by atoms with Crippen molar-refractivity contribution in [1.82, 2.24) is 15.3 Å². The van der Waals surface area contributed by atoms with E-state index in [2.05, 4.69) is 20.6 Å². The highest BCUT2D eigenvalue weighted by Crippen LogP contribution is 2.42. The fraction of sp³-hybridized carbons (Fsp3) is 0.233. The molecule has 3 N–H and O–H groups in total. The number of para-hydroxylation sites is 1. The maximum absolute atomic E-state index is 14.6. The largest absolute Gasteiger partial charge is 0.492 e. The first-order valence-electron chi connectivity index (χ1n) is 13.2. The Morgan fingerprint density at radius 3 is 2.76 bits per heavy atom. The van der Waals surface area contributed by atoms with Crippen LogP contribution in [0.3, 0.4) is 0 Å². The molecule has 1 unspecified atom stereocenters. The highest BCUT2D eigenvalue weighted by atomic mass is 127. The number of carbonyl (C=O) groups excluding carboxylic acids is 2. The average Bonchev–Trinajstić information content (AvgIpc) is 3.37. The van der Waals surface area contributed by atoms with Crippen LogP contribution in [0.4, 0.5) is 15.8 Å². The molecular formula is C30H28FIN4O6. The van der Waals surface area contributed by atoms with Crippen molar-refractivity contribution < 1.29 is 31.3 Å². The van der Waals surface area contributed by atoms with Crippen LogP contribution in [0.1, 0.15) is 28.0 Å². The molecule has 5 rings (SSSR count). The molecule has 2 aromatic heterocycles. The highest BCUT2D eigenvalue weighted by molar-refractivity contribution is 14.1. The maximum atomic E-state index is 14.6. The van der Waals surface area contributed by atoms with Gasteiger partial charge in [-0.15, -0.1) is 0 Å². The van der Waals surface area contributed by atoms with Crippen LogP contribution in [-0.4, -0.2) is 48.2 Å². The third-order valence-electron chi connectivity index (χ3n) is 6.63. The topological polar surface area (TPSA) is 124 Å². The van der Waals surface area contributed by atoms with Gasteiger partial charge in [-0.2, -0.15) is 0 Å². The Morgan fingerprint density at radius 2 is 1.98 bits per heavy atom. The van der Waals surface area contributed by atoms with E-state index in [1.165, 1.54) is 19.2 Å². The zero-order valence-corrected chi connectivity index (χ0v) is 24.8. The normalized spacial score (nSPS) is 14.1. The van der Waals surface area contributed by atoms with Gasteiger partial charge in [0.05, 0.1) is 49.2 Å². The lowest BCUT2D eigenvalue weighted by Gasteiger charge is -2.23. The molecule has 0 radical (unpaired) electrons. The molecule has 2 aromatic carbocycles. The third kappa shape index (κ3) is 6.49. The zero-order chi connectivity index (χ0) is 29.5. The summed E-state index contributed by atoms with van der Waals surface area (Å²) in [5.74, 6) is -1.15. The molecule has 0 bridgehead atoms. The zero-order valence-electron chi connectivity index (χ0n) is 22.6. The average molecular weight is 686 g/mol. The van der Waals surface area contributed by atoms with Crippen molar-refractivity contribution >= 4 is 46.3 Å². The molecule has 1 amide bonds. The minimum absolute atomic E-state index is 0.0121. The van der Waals surface area contributed by atoms with E-state index < -0.39 is 23.7 Å². The molecule has 1 atom stereocenters. The first-order valence-corrected chi connectivity index (χ1v) is 14.0. The monoisotopic (exact) mass is 686 g/mol. The van der Waals surface area contributed by atoms with Gasteiger partial charge in [-0.1, -0.05) is 36.4 Å². The number of aromatic amines is 1. The molecule has 0 spiro atoms. The SMILES string of the molecule is COc1c(F)cccc1Nc1c(-c2ccncc2OCCCOI)[nH]c2c1C(=O)NC(C(=O)OCc1ccccc1)C2. The smallest absolute Gasteiger partial charge is 0.329 e. The number of ether oxygens (including phenoxy) is 3. The lowest BCUT2D eigenvalue weighted by molar-refractivity contribution is -0.147. The highest BCUT2D eigenvalue weighted by Gasteiger charge is 2.36. The maximum Gasteiger partial charge on any atom is 0.329 e. The molecule has 1 aliphatic heterocycles. The van der Waals surface area contributed by atoms with E-state index in [4.69, 9.17) is 17.3 Å². The second-order valence-corrected chi connectivity index (χ2v) is 10.0. The minimum atomic E-state index is -0.904. The van der Waals surface area contributed by atoms with Gasteiger partial charge in [-0.3, -0.25) is 9.78 Å². The van der Waals surface area contributed by atoms with E-state index in [1.54, 1.807) is 24.5 Å². The number of fused-ring (bicyclic) bond motifs is 1. The standard InChI is InChI=1S/C30H28FIN4O6/c1-39-28-20(31)9-5-10-21(28)34-27-25-22(35-26(27)19-11-12-33-16-24(19)40-13-6-14-42-32)15-23(36-29(25)37)30(38)41-17-18-7-3-2-4-8-18/h2-5,7-12,16,23,34-35H,6,13-15,17H2,1H3,(H,36,37). The van der Waals surface area contributed by atoms with Gasteiger partial charge >= 0.3 is 5.97 Å². The number of esters is 1. The Morgan fingerprint density at radius 1 is 1.14 bits per heavy atom. The van der Waals surface area contributed by atoms with Gasteiger partial charge in [0.15, 0.2) is 11.6 Å². The van der Waals surface area contributed by atoms with Crippen LogP contribution >= 0.6 is 23.0 Å². The summed E-state index contributed by atoms with van der Waals surface area (Å²) in [5.41, 5.74) is 3.43. The molecule has 0 fully saturated rings. The summed E-state index contributed by atoms with van der Waals surface area (Å²) in [6, 6.07) is 14.6. The van der Waals surface area contributed by atoms with Gasteiger partial charge in [0.1, 0.15) is 41.4 Å². The Kier molecular flexibility index (Phi) is 9.54. The molecule has 0 aliphatic carbocycles. The van der Waals surface area contributed by atoms with Gasteiger partial charge in [0, 0.05) is 30.3 Å². The third-order valence-corrected chi connectivity index (χ3v) is 7.08. The Hall–Kier alpha value is -4.17. The second-order valence-electron chi connectivity index (χ2n) is 9.38. The Bertz CT molecular complexity index is 1560. The number of aromatic nitrogens is 2. The van der Waals surface area contributed by atoms with Crippen LogP contribution in [0.5, 0.6) is 11.5 Å². The minimum Gasteiger partial charge on any atom is -0.492 e. The van der Waals surface area contributed by atoms with E-state index in [9.17, 15) is 14.0 Å². The number of halogens is 2. The van der Waals surface area contributed by atoms with Crippen molar-refractivity contribution in [2.75, 3.05) is 25.6 Å². The van der Waals surface area contributed by atoms with Gasteiger partial charge < -0.3 is 32.9 Å². The second kappa shape index (κ2) is 13.7. The fourth-order valence-electron chi connectivity index (χ4n) is 4.69. The molecule has 0 saturated heterocycles. The Labute approximate surface area is 255 Å². The first kappa shape index (κ1) is 29.3. The number of H-pyrrole nitrogens is 1. The van der Waals surface area contributed by atoms with Crippen molar-refractivity contribution in [1.29, 1.82) is 0 Å². The predicted octanol–water partition coefficient (Wildman–Crippen LogP) is 5.50. The van der Waals surface area contributed by atoms with Crippen LogP contribution in [0, 0.1) is 5.82 Å². The van der Waals surface area contributed by atoms with Crippen LogP contribution in [0.2, 0.25) is 0 Å². The summed E-state index contributed by atoms with van der Waals surface area (Å²) in [6.07, 6.45) is 3.99. The molecule has 4 aromatic rings. The number of hydrogen-bond acceptors (Lipinski definition) is 8. The molecule has 0 saturated carbocycles. The molecule has 12 heteroatoms. The summed E-state index contributed by atoms with van der Waals surface area (Å²) >= 11 is 1.83. The predicted molar refractivity (Wildman–Crippen MR) is 162 cm³/mol. The van der Waals surface area contributed by atoms with Gasteiger partial charge in [0.25, 0.3) is 5.91 Å². The summed E-state index contributed by atoms with van der Waals surface area (Å²) < 4.78 is 36.5. The lowest BCUT2D eigenvalue weighted by atomic mass is 10.00. The van der Waals surface area contributed by atoms with Crippen molar-refractivity contribution in [2.24, 2.45) is 0 Å². The summed E-state index contributed by atoms with van der Waals surface area (Å²) in [5, 5.41) is 5.96. The number of anilines is 2. The number of carbonyl (C=O) groups is 2. The number of nitrogens with zero attached hydrogens (tertiary/aromatic N) is 1. The number of nitrogens with one attached hydrogen (secondary N) is 3. The lowest BCUT2D eigenvalue weighted by Crippen LogP contribution is -2.47. The quantitative estimate of drug-likeness (QED) is 0.102. The van der Waals surface area contributed by atoms with Gasteiger partial charge in [0.2, 0.25) is 0 Å². The molecule has 218 valence electrons. The number of rotatable bonds is 12. The summed E-state index contributed by atoms with van der Waals surface area (Å²) in [4.78, 5) is 34.0. The van der Waals surface area contributed by atoms with Crippen molar-refractivity contribution in [2.45, 2.75) is 25.5 Å². The number of pyridine rings is 1. The first-order chi connectivity index (χ1) is 20.5. The van der Waals surface area contributed by atoms with Crippen molar-refractivity contribution in [3.05, 3.63) is 89.6 Å². The van der Waals surface area contributed by atoms with Gasteiger partial charge in [-0.05, 0) is 23.8 Å². The van der Waals surface area contributed by atoms with E-state index in [-0.39, 0.29) is 24.3 Å². The molecular weight excluding hydrogens is 658 g/mol. The van der Waals surface area contributed by atoms with Gasteiger partial charge in [-0.25, -0.2) is 9.18 Å². The number of methoxy groups -OCH3 is 1. The Balaban J connectivity index is 1.51. The number of hydrogen-bond donors (Lipinski definition) is 3. The number of amides is 1. The fourth-order valence-corrected chi connectivity index (χ4v) is 5.00. The van der Waals surface area contributed by atoms with Crippen LogP contribution in [0.25, 0.3) is 11.3 Å². The van der Waals surface area contributed by atoms with Crippen LogP contribution < -0.4 is 20.1 Å². The van der Waals surface area contributed by atoms with E-state index in [1.807, 2.05) is 53.3 Å².